The molecule has 0 radical (unpaired) electrons. The summed E-state index contributed by atoms with van der Waals surface area (Å²) in [5, 5.41) is 0.231. The number of benzene rings is 2. The van der Waals surface area contributed by atoms with E-state index in [-0.39, 0.29) is 10.2 Å². The monoisotopic (exact) mass is 342 g/mol. The normalized spacial score (nSPS) is 13.0. The molecule has 0 amide bonds. The molecule has 118 valence electrons. The molecule has 1 aliphatic rings. The number of hydrogen-bond donors (Lipinski definition) is 0. The first kappa shape index (κ1) is 16.3. The van der Waals surface area contributed by atoms with Crippen molar-refractivity contribution >= 4 is 33.8 Å². The molecule has 23 heavy (non-hydrogen) atoms. The van der Waals surface area contributed by atoms with Crippen LogP contribution in [-0.2, 0) is 22.4 Å². The first-order valence-corrected chi connectivity index (χ1v) is 9.29. The molecule has 0 fully saturated rings. The maximum absolute atomic E-state index is 11.3. The topological polar surface area (TPSA) is 34.1 Å². The van der Waals surface area contributed by atoms with E-state index in [9.17, 15) is 9.59 Å². The Kier molecular flexibility index (Phi) is 4.93. The van der Waals surface area contributed by atoms with E-state index in [1.807, 2.05) is 12.1 Å². The summed E-state index contributed by atoms with van der Waals surface area (Å²) in [6, 6.07) is 12.6. The summed E-state index contributed by atoms with van der Waals surface area (Å²) >= 11 is 2.58. The van der Waals surface area contributed by atoms with E-state index in [2.05, 4.69) is 24.3 Å². The highest BCUT2D eigenvalue weighted by Crippen LogP contribution is 2.36. The minimum atomic E-state index is 0.116. The van der Waals surface area contributed by atoms with Crippen LogP contribution in [0.3, 0.4) is 0 Å². The van der Waals surface area contributed by atoms with Crippen LogP contribution in [0.25, 0.3) is 11.1 Å². The maximum Gasteiger partial charge on any atom is 0.190 e. The Morgan fingerprint density at radius 1 is 0.783 bits per heavy atom. The lowest BCUT2D eigenvalue weighted by molar-refractivity contribution is -0.109. The van der Waals surface area contributed by atoms with Crippen molar-refractivity contribution in [2.45, 2.75) is 42.9 Å². The van der Waals surface area contributed by atoms with E-state index in [1.54, 1.807) is 13.8 Å². The fourth-order valence-electron chi connectivity index (χ4n) is 3.01. The molecule has 0 saturated heterocycles. The molecule has 0 N–H and O–H groups in total. The van der Waals surface area contributed by atoms with Crippen molar-refractivity contribution in [2.24, 2.45) is 0 Å². The average Bonchev–Trinajstić information content (AvgIpc) is 2.64. The molecule has 3 rings (SSSR count). The van der Waals surface area contributed by atoms with Gasteiger partial charge in [0, 0.05) is 23.6 Å². The first-order valence-electron chi connectivity index (χ1n) is 7.66. The van der Waals surface area contributed by atoms with Crippen molar-refractivity contribution < 1.29 is 9.59 Å². The minimum absolute atomic E-state index is 0.116. The zero-order valence-corrected chi connectivity index (χ0v) is 14.9. The summed E-state index contributed by atoms with van der Waals surface area (Å²) in [5.74, 6) is 0. The lowest BCUT2D eigenvalue weighted by Gasteiger charge is -2.12. The van der Waals surface area contributed by atoms with Crippen molar-refractivity contribution in [1.82, 2.24) is 0 Å². The summed E-state index contributed by atoms with van der Waals surface area (Å²) in [7, 11) is 0. The highest BCUT2D eigenvalue weighted by Gasteiger charge is 2.16. The Hall–Kier alpha value is -1.52. The van der Waals surface area contributed by atoms with Gasteiger partial charge in [0.25, 0.3) is 0 Å². The van der Waals surface area contributed by atoms with E-state index in [0.717, 1.165) is 29.1 Å². The highest BCUT2D eigenvalue weighted by molar-refractivity contribution is 8.13. The molecule has 0 heterocycles. The van der Waals surface area contributed by atoms with Gasteiger partial charge in [0.15, 0.2) is 10.2 Å². The summed E-state index contributed by atoms with van der Waals surface area (Å²) in [4.78, 5) is 24.6. The molecular formula is C19H18O2S2. The SMILES string of the molecule is CC(=O)Sc1ccc2c(c1)CCCc1cc(SC(C)=O)ccc1-2. The van der Waals surface area contributed by atoms with Gasteiger partial charge in [-0.3, -0.25) is 9.59 Å². The summed E-state index contributed by atoms with van der Waals surface area (Å²) in [5.41, 5.74) is 5.12. The molecule has 0 aliphatic heterocycles. The molecule has 0 unspecified atom stereocenters. The van der Waals surface area contributed by atoms with E-state index in [1.165, 1.54) is 45.8 Å². The molecule has 4 heteroatoms. The predicted molar refractivity (Wildman–Crippen MR) is 97.0 cm³/mol. The minimum Gasteiger partial charge on any atom is -0.287 e. The Bertz CT molecular complexity index is 715. The molecule has 0 atom stereocenters. The van der Waals surface area contributed by atoms with E-state index < -0.39 is 0 Å². The quantitative estimate of drug-likeness (QED) is 0.710. The molecule has 2 aromatic carbocycles. The first-order chi connectivity index (χ1) is 11.0. The predicted octanol–water partition coefficient (Wildman–Crippen LogP) is 5.12. The second-order valence-electron chi connectivity index (χ2n) is 5.68. The van der Waals surface area contributed by atoms with Crippen LogP contribution in [0.1, 0.15) is 31.4 Å². The Morgan fingerprint density at radius 2 is 1.22 bits per heavy atom. The smallest absolute Gasteiger partial charge is 0.190 e. The standard InChI is InChI=1S/C19H18O2S2/c1-12(20)22-16-6-8-18-14(10-16)4-3-5-15-11-17(23-13(2)21)7-9-19(15)18/h6-11H,3-5H2,1-2H3. The van der Waals surface area contributed by atoms with Crippen LogP contribution in [0, 0.1) is 0 Å². The molecule has 2 nitrogen and oxygen atoms in total. The maximum atomic E-state index is 11.3. The van der Waals surface area contributed by atoms with Crippen LogP contribution in [-0.4, -0.2) is 10.2 Å². The van der Waals surface area contributed by atoms with Crippen molar-refractivity contribution in [1.29, 1.82) is 0 Å². The Balaban J connectivity index is 2.00. The van der Waals surface area contributed by atoms with Crippen molar-refractivity contribution in [3.63, 3.8) is 0 Å². The average molecular weight is 342 g/mol. The van der Waals surface area contributed by atoms with Gasteiger partial charge in [0.2, 0.25) is 0 Å². The van der Waals surface area contributed by atoms with Crippen LogP contribution in [0.15, 0.2) is 46.2 Å². The van der Waals surface area contributed by atoms with E-state index in [4.69, 9.17) is 0 Å². The third-order valence-corrected chi connectivity index (χ3v) is 5.41. The lowest BCUT2D eigenvalue weighted by atomic mass is 9.97. The fourth-order valence-corrected chi connectivity index (χ4v) is 4.35. The summed E-state index contributed by atoms with van der Waals surface area (Å²) in [6.45, 7) is 3.19. The van der Waals surface area contributed by atoms with Gasteiger partial charge in [-0.2, -0.15) is 0 Å². The highest BCUT2D eigenvalue weighted by atomic mass is 32.2. The zero-order valence-electron chi connectivity index (χ0n) is 13.2. The molecule has 0 bridgehead atoms. The van der Waals surface area contributed by atoms with Gasteiger partial charge >= 0.3 is 0 Å². The van der Waals surface area contributed by atoms with Crippen LogP contribution in [0.5, 0.6) is 0 Å². The second-order valence-corrected chi connectivity index (χ2v) is 8.18. The van der Waals surface area contributed by atoms with Gasteiger partial charge in [0.05, 0.1) is 0 Å². The number of hydrogen-bond acceptors (Lipinski definition) is 4. The van der Waals surface area contributed by atoms with Gasteiger partial charge < -0.3 is 0 Å². The number of aryl methyl sites for hydroxylation is 2. The summed E-state index contributed by atoms with van der Waals surface area (Å²) < 4.78 is 0. The van der Waals surface area contributed by atoms with Crippen LogP contribution >= 0.6 is 23.5 Å². The fraction of sp³-hybridized carbons (Fsp3) is 0.263. The van der Waals surface area contributed by atoms with Crippen molar-refractivity contribution in [2.75, 3.05) is 0 Å². The van der Waals surface area contributed by atoms with E-state index in [0.29, 0.717) is 0 Å². The largest absolute Gasteiger partial charge is 0.287 e. The molecule has 2 aromatic rings. The van der Waals surface area contributed by atoms with Gasteiger partial charge in [-0.1, -0.05) is 35.7 Å². The molecule has 0 spiro atoms. The molecular weight excluding hydrogens is 324 g/mol. The number of rotatable bonds is 2. The third kappa shape index (κ3) is 3.88. The van der Waals surface area contributed by atoms with Gasteiger partial charge in [-0.05, 0) is 65.8 Å². The van der Waals surface area contributed by atoms with Gasteiger partial charge in [-0.15, -0.1) is 0 Å². The zero-order chi connectivity index (χ0) is 16.4. The molecule has 1 aliphatic carbocycles. The number of carbonyl (C=O) groups excluding carboxylic acids is 2. The van der Waals surface area contributed by atoms with Crippen molar-refractivity contribution in [3.8, 4) is 11.1 Å². The number of carbonyl (C=O) groups is 2. The number of fused-ring (bicyclic) bond motifs is 3. The van der Waals surface area contributed by atoms with E-state index >= 15 is 0 Å². The van der Waals surface area contributed by atoms with Gasteiger partial charge in [0.1, 0.15) is 0 Å². The Morgan fingerprint density at radius 3 is 1.61 bits per heavy atom. The lowest BCUT2D eigenvalue weighted by Crippen LogP contribution is -1.91. The van der Waals surface area contributed by atoms with Crippen LogP contribution in [0.2, 0.25) is 0 Å². The number of thioether (sulfide) groups is 2. The van der Waals surface area contributed by atoms with Crippen molar-refractivity contribution in [3.05, 3.63) is 47.5 Å². The van der Waals surface area contributed by atoms with Gasteiger partial charge in [-0.25, -0.2) is 0 Å². The third-order valence-electron chi connectivity index (χ3n) is 3.86. The summed E-state index contributed by atoms with van der Waals surface area (Å²) in [6.07, 6.45) is 3.12. The second kappa shape index (κ2) is 6.93. The molecule has 0 saturated carbocycles. The Labute approximate surface area is 145 Å². The van der Waals surface area contributed by atoms with Crippen LogP contribution < -0.4 is 0 Å². The molecule has 0 aromatic heterocycles. The van der Waals surface area contributed by atoms with Crippen LogP contribution in [0.4, 0.5) is 0 Å².